The first-order valence-corrected chi connectivity index (χ1v) is 10.2. The van der Waals surface area contributed by atoms with Gasteiger partial charge in [-0.3, -0.25) is 4.68 Å². The summed E-state index contributed by atoms with van der Waals surface area (Å²) < 4.78 is 9.61. The van der Waals surface area contributed by atoms with Gasteiger partial charge in [0.05, 0.1) is 11.6 Å². The smallest absolute Gasteiger partial charge is 0.406 e. The van der Waals surface area contributed by atoms with E-state index in [0.29, 0.717) is 18.5 Å². The van der Waals surface area contributed by atoms with Crippen molar-refractivity contribution in [2.45, 2.75) is 52.2 Å². The molecule has 1 fully saturated rings. The molecule has 2 aliphatic heterocycles. The summed E-state index contributed by atoms with van der Waals surface area (Å²) in [5.74, 6) is 0.471. The van der Waals surface area contributed by atoms with E-state index in [-0.39, 0.29) is 6.09 Å². The van der Waals surface area contributed by atoms with Crippen molar-refractivity contribution in [3.8, 4) is 0 Å². The molecule has 0 bridgehead atoms. The van der Waals surface area contributed by atoms with Crippen LogP contribution in [0.2, 0.25) is 0 Å². The SMILES string of the molecule is C[C@H]1CCC(c2ccc3nn(C4CN(C)C4)cc3c2)=[N+](C(=O)OC(C)(C)C)C1. The van der Waals surface area contributed by atoms with Crippen molar-refractivity contribution in [2.75, 3.05) is 26.7 Å². The predicted octanol–water partition coefficient (Wildman–Crippen LogP) is 3.69. The Hall–Kier alpha value is -2.21. The highest BCUT2D eigenvalue weighted by molar-refractivity contribution is 6.01. The van der Waals surface area contributed by atoms with E-state index in [4.69, 9.17) is 9.84 Å². The van der Waals surface area contributed by atoms with Gasteiger partial charge < -0.3 is 9.64 Å². The number of fused-ring (bicyclic) bond motifs is 1. The van der Waals surface area contributed by atoms with Crippen molar-refractivity contribution in [3.63, 3.8) is 0 Å². The van der Waals surface area contributed by atoms with Crippen molar-refractivity contribution in [2.24, 2.45) is 5.92 Å². The van der Waals surface area contributed by atoms with Gasteiger partial charge in [-0.25, -0.2) is 0 Å². The van der Waals surface area contributed by atoms with Crippen LogP contribution in [-0.4, -0.2) is 63.3 Å². The van der Waals surface area contributed by atoms with E-state index in [2.05, 4.69) is 47.9 Å². The molecule has 1 atom stereocenters. The number of hydrogen-bond acceptors (Lipinski definition) is 4. The molecule has 3 heterocycles. The Morgan fingerprint density at radius 3 is 2.71 bits per heavy atom. The average Bonchev–Trinajstić information content (AvgIpc) is 3.00. The molecule has 6 heteroatoms. The Bertz CT molecular complexity index is 932. The highest BCUT2D eigenvalue weighted by Crippen LogP contribution is 2.25. The van der Waals surface area contributed by atoms with Crippen molar-refractivity contribution >= 4 is 22.7 Å². The van der Waals surface area contributed by atoms with Crippen LogP contribution in [0.15, 0.2) is 24.4 Å². The number of aromatic nitrogens is 2. The second kappa shape index (κ2) is 6.99. The van der Waals surface area contributed by atoms with Crippen molar-refractivity contribution < 1.29 is 14.1 Å². The molecule has 0 spiro atoms. The maximum Gasteiger partial charge on any atom is 0.597 e. The first kappa shape index (κ1) is 19.1. The van der Waals surface area contributed by atoms with Gasteiger partial charge in [-0.2, -0.15) is 9.89 Å². The number of likely N-dealkylation sites (N-methyl/N-ethyl adjacent to an activating group) is 1. The summed E-state index contributed by atoms with van der Waals surface area (Å²) in [5, 5.41) is 5.87. The minimum atomic E-state index is -0.496. The van der Waals surface area contributed by atoms with Gasteiger partial charge in [-0.1, -0.05) is 6.92 Å². The molecule has 1 aromatic heterocycles. The Kier molecular flexibility index (Phi) is 4.78. The third-order valence-electron chi connectivity index (χ3n) is 5.58. The first-order valence-electron chi connectivity index (χ1n) is 10.2. The first-order chi connectivity index (χ1) is 13.2. The summed E-state index contributed by atoms with van der Waals surface area (Å²) in [5.41, 5.74) is 2.66. The van der Waals surface area contributed by atoms with E-state index in [9.17, 15) is 4.79 Å². The van der Waals surface area contributed by atoms with Gasteiger partial charge in [0.2, 0.25) is 0 Å². The van der Waals surface area contributed by atoms with Crippen LogP contribution in [0.3, 0.4) is 0 Å². The van der Waals surface area contributed by atoms with Gasteiger partial charge in [0.15, 0.2) is 12.3 Å². The quantitative estimate of drug-likeness (QED) is 0.742. The lowest BCUT2D eigenvalue weighted by Gasteiger charge is -2.36. The van der Waals surface area contributed by atoms with Crippen LogP contribution in [0.4, 0.5) is 4.79 Å². The number of hydrogen-bond donors (Lipinski definition) is 0. The van der Waals surface area contributed by atoms with Crippen LogP contribution < -0.4 is 0 Å². The maximum atomic E-state index is 12.8. The summed E-state index contributed by atoms with van der Waals surface area (Å²) in [6, 6.07) is 6.79. The lowest BCUT2D eigenvalue weighted by molar-refractivity contribution is -0.463. The third-order valence-corrected chi connectivity index (χ3v) is 5.58. The highest BCUT2D eigenvalue weighted by Gasteiger charge is 2.35. The van der Waals surface area contributed by atoms with Gasteiger partial charge >= 0.3 is 6.09 Å². The number of rotatable bonds is 2. The average molecular weight is 384 g/mol. The molecule has 2 aliphatic rings. The van der Waals surface area contributed by atoms with E-state index < -0.39 is 5.60 Å². The molecule has 1 saturated heterocycles. The number of carbonyl (C=O) groups is 1. The van der Waals surface area contributed by atoms with Crippen molar-refractivity contribution in [1.29, 1.82) is 0 Å². The summed E-state index contributed by atoms with van der Waals surface area (Å²) in [7, 11) is 2.13. The highest BCUT2D eigenvalue weighted by atomic mass is 16.6. The normalized spacial score (nSPS) is 21.8. The van der Waals surface area contributed by atoms with Gasteiger partial charge in [0.25, 0.3) is 0 Å². The molecule has 0 saturated carbocycles. The minimum absolute atomic E-state index is 0.248. The number of ether oxygens (including phenoxy) is 1. The molecule has 1 aromatic carbocycles. The van der Waals surface area contributed by atoms with Crippen LogP contribution in [0.1, 0.15) is 52.1 Å². The Balaban J connectivity index is 1.68. The zero-order valence-corrected chi connectivity index (χ0v) is 17.6. The standard InChI is InChI=1S/C22H31N4O2/c1-15-6-9-20(25(11-15)21(27)28-22(2,3)4)16-7-8-19-17(10-16)12-26(23-19)18-13-24(5)14-18/h7-8,10,12,15,18H,6,9,11,13-14H2,1-5H3/q+1/t15-/m0/s1. The number of carbonyl (C=O) groups excluding carboxylic acids is 1. The molecule has 0 unspecified atom stereocenters. The van der Waals surface area contributed by atoms with Crippen LogP contribution in [0, 0.1) is 5.92 Å². The molecule has 0 radical (unpaired) electrons. The van der Waals surface area contributed by atoms with Crippen LogP contribution in [-0.2, 0) is 4.74 Å². The summed E-state index contributed by atoms with van der Waals surface area (Å²) in [6.45, 7) is 10.7. The number of amides is 1. The fourth-order valence-corrected chi connectivity index (χ4v) is 4.08. The minimum Gasteiger partial charge on any atom is -0.406 e. The van der Waals surface area contributed by atoms with Gasteiger partial charge in [0.1, 0.15) is 5.60 Å². The fraction of sp³-hybridized carbons (Fsp3) is 0.591. The van der Waals surface area contributed by atoms with Gasteiger partial charge in [-0.15, -0.1) is 4.58 Å². The predicted molar refractivity (Wildman–Crippen MR) is 110 cm³/mol. The molecule has 0 N–H and O–H groups in total. The zero-order chi connectivity index (χ0) is 20.1. The molecule has 1 amide bonds. The number of nitrogens with zero attached hydrogens (tertiary/aromatic N) is 4. The second-order valence-electron chi connectivity index (χ2n) is 9.44. The molecule has 6 nitrogen and oxygen atoms in total. The number of benzene rings is 1. The lowest BCUT2D eigenvalue weighted by atomic mass is 9.94. The zero-order valence-electron chi connectivity index (χ0n) is 17.6. The van der Waals surface area contributed by atoms with Crippen molar-refractivity contribution in [1.82, 2.24) is 14.7 Å². The van der Waals surface area contributed by atoms with Crippen LogP contribution in [0.5, 0.6) is 0 Å². The molecule has 2 aromatic rings. The van der Waals surface area contributed by atoms with Crippen molar-refractivity contribution in [3.05, 3.63) is 30.0 Å². The Labute approximate surface area is 166 Å². The summed E-state index contributed by atoms with van der Waals surface area (Å²) in [4.78, 5) is 15.1. The van der Waals surface area contributed by atoms with E-state index in [1.54, 1.807) is 0 Å². The topological polar surface area (TPSA) is 50.4 Å². The van der Waals surface area contributed by atoms with Gasteiger partial charge in [0, 0.05) is 42.6 Å². The van der Waals surface area contributed by atoms with Gasteiger partial charge in [-0.05, 0) is 52.4 Å². The number of likely N-dealkylation sites (tertiary alicyclic amines) is 1. The summed E-state index contributed by atoms with van der Waals surface area (Å²) >= 11 is 0. The molecule has 150 valence electrons. The van der Waals surface area contributed by atoms with Crippen LogP contribution >= 0.6 is 0 Å². The fourth-order valence-electron chi connectivity index (χ4n) is 4.08. The lowest BCUT2D eigenvalue weighted by Crippen LogP contribution is -2.45. The monoisotopic (exact) mass is 383 g/mol. The van der Waals surface area contributed by atoms with E-state index >= 15 is 0 Å². The van der Waals surface area contributed by atoms with E-state index in [0.717, 1.165) is 48.1 Å². The Morgan fingerprint density at radius 2 is 2.04 bits per heavy atom. The molecule has 28 heavy (non-hydrogen) atoms. The largest absolute Gasteiger partial charge is 0.597 e. The molecule has 4 rings (SSSR count). The Morgan fingerprint density at radius 1 is 1.29 bits per heavy atom. The van der Waals surface area contributed by atoms with Crippen LogP contribution in [0.25, 0.3) is 10.9 Å². The molecular weight excluding hydrogens is 352 g/mol. The second-order valence-corrected chi connectivity index (χ2v) is 9.44. The summed E-state index contributed by atoms with van der Waals surface area (Å²) in [6.07, 6.45) is 3.86. The molecule has 0 aliphatic carbocycles. The van der Waals surface area contributed by atoms with E-state index in [1.807, 2.05) is 25.3 Å². The van der Waals surface area contributed by atoms with E-state index in [1.165, 1.54) is 0 Å². The maximum absolute atomic E-state index is 12.8. The molecular formula is C22H31N4O2+. The third kappa shape index (κ3) is 3.83.